The van der Waals surface area contributed by atoms with Gasteiger partial charge in [0.2, 0.25) is 0 Å². The molecule has 0 radical (unpaired) electrons. The molecule has 1 N–H and O–H groups in total. The molecule has 10 nitrogen and oxygen atoms in total. The van der Waals surface area contributed by atoms with Crippen LogP contribution in [0.4, 0.5) is 5.69 Å². The fourth-order valence-corrected chi connectivity index (χ4v) is 11.0. The van der Waals surface area contributed by atoms with E-state index in [0.717, 1.165) is 38.5 Å². The second kappa shape index (κ2) is 15.3. The molecule has 4 saturated carbocycles. The van der Waals surface area contributed by atoms with Crippen molar-refractivity contribution in [2.75, 3.05) is 6.61 Å². The van der Waals surface area contributed by atoms with Gasteiger partial charge >= 0.3 is 17.9 Å². The molecule has 0 aliphatic heterocycles. The summed E-state index contributed by atoms with van der Waals surface area (Å²) in [6.45, 7) is 9.84. The van der Waals surface area contributed by atoms with Gasteiger partial charge < -0.3 is 14.6 Å². The molecule has 0 spiro atoms. The fourth-order valence-electron chi connectivity index (χ4n) is 11.0. The Morgan fingerprint density at radius 3 is 2.33 bits per heavy atom. The summed E-state index contributed by atoms with van der Waals surface area (Å²) in [4.78, 5) is 60.6. The van der Waals surface area contributed by atoms with E-state index in [2.05, 4.69) is 20.8 Å². The number of Topliss-reactive ketones (excluding diaryl/α,β-unsaturated/α-hetero) is 1. The normalized spacial score (nSPS) is 33.2. The van der Waals surface area contributed by atoms with Gasteiger partial charge in [-0.25, -0.2) is 0 Å². The third kappa shape index (κ3) is 7.88. The molecule has 0 saturated heterocycles. The first-order valence-corrected chi connectivity index (χ1v) is 18.6. The molecule has 1 aromatic rings. The van der Waals surface area contributed by atoms with Crippen LogP contribution in [0.5, 0.6) is 0 Å². The zero-order chi connectivity index (χ0) is 35.5. The molecule has 10 atom stereocenters. The Kier molecular flexibility index (Phi) is 11.5. The fraction of sp³-hybridized carbons (Fsp3) is 0.744. The number of non-ortho nitro benzene ring substituents is 1. The molecule has 49 heavy (non-hydrogen) atoms. The second-order valence-corrected chi connectivity index (χ2v) is 16.2. The van der Waals surface area contributed by atoms with E-state index in [0.29, 0.717) is 54.0 Å². The van der Waals surface area contributed by atoms with E-state index in [1.807, 2.05) is 6.92 Å². The van der Waals surface area contributed by atoms with Crippen molar-refractivity contribution in [3.05, 3.63) is 39.9 Å². The van der Waals surface area contributed by atoms with Gasteiger partial charge in [0.25, 0.3) is 5.69 Å². The zero-order valence-electron chi connectivity index (χ0n) is 29.7. The third-order valence-electron chi connectivity index (χ3n) is 13.5. The number of aliphatic carboxylic acids is 1. The van der Waals surface area contributed by atoms with Crippen molar-refractivity contribution in [2.45, 2.75) is 124 Å². The minimum absolute atomic E-state index is 0.0715. The maximum atomic E-state index is 13.3. The summed E-state index contributed by atoms with van der Waals surface area (Å²) in [7, 11) is 0. The second-order valence-electron chi connectivity index (χ2n) is 16.2. The van der Waals surface area contributed by atoms with Crippen LogP contribution in [0.1, 0.15) is 128 Å². The quantitative estimate of drug-likeness (QED) is 0.0887. The van der Waals surface area contributed by atoms with E-state index in [-0.39, 0.29) is 35.2 Å². The summed E-state index contributed by atoms with van der Waals surface area (Å²) in [5, 5.41) is 20.5. The number of fused-ring (bicyclic) bond motifs is 5. The van der Waals surface area contributed by atoms with Gasteiger partial charge in [0.05, 0.1) is 23.9 Å². The molecule has 1 aromatic carbocycles. The first-order valence-electron chi connectivity index (χ1n) is 18.6. The van der Waals surface area contributed by atoms with E-state index < -0.39 is 35.0 Å². The minimum atomic E-state index is -1.18. The monoisotopic (exact) mass is 681 g/mol. The molecule has 5 rings (SSSR count). The number of carboxylic acid groups (broad SMARTS) is 1. The van der Waals surface area contributed by atoms with Crippen LogP contribution in [0.25, 0.3) is 0 Å². The molecule has 0 amide bonds. The average molecular weight is 682 g/mol. The van der Waals surface area contributed by atoms with Crippen molar-refractivity contribution < 1.29 is 38.7 Å². The Labute approximate surface area is 290 Å². The summed E-state index contributed by atoms with van der Waals surface area (Å²) in [6, 6.07) is 5.10. The van der Waals surface area contributed by atoms with E-state index in [1.54, 1.807) is 0 Å². The van der Waals surface area contributed by atoms with Gasteiger partial charge in [-0.3, -0.25) is 29.3 Å². The number of hydrogen-bond acceptors (Lipinski definition) is 8. The number of nitrogens with zero attached hydrogens (tertiary/aromatic N) is 1. The van der Waals surface area contributed by atoms with Gasteiger partial charge in [0, 0.05) is 30.5 Å². The van der Waals surface area contributed by atoms with Gasteiger partial charge in [-0.2, -0.15) is 0 Å². The van der Waals surface area contributed by atoms with Crippen LogP contribution in [-0.4, -0.2) is 46.4 Å². The predicted molar refractivity (Wildman–Crippen MR) is 183 cm³/mol. The van der Waals surface area contributed by atoms with Crippen LogP contribution < -0.4 is 0 Å². The van der Waals surface area contributed by atoms with Gasteiger partial charge in [0.15, 0.2) is 5.78 Å². The molecular formula is C39H55NO9. The van der Waals surface area contributed by atoms with E-state index in [4.69, 9.17) is 9.47 Å². The first kappa shape index (κ1) is 37.0. The highest BCUT2D eigenvalue weighted by Gasteiger charge is 2.60. The van der Waals surface area contributed by atoms with Crippen LogP contribution >= 0.6 is 0 Å². The Balaban J connectivity index is 1.18. The number of benzene rings is 1. The van der Waals surface area contributed by atoms with Gasteiger partial charge in [0.1, 0.15) is 6.10 Å². The van der Waals surface area contributed by atoms with Crippen molar-refractivity contribution >= 4 is 29.4 Å². The number of rotatable bonds is 14. The van der Waals surface area contributed by atoms with Crippen molar-refractivity contribution in [3.63, 3.8) is 0 Å². The Hall–Kier alpha value is -3.30. The highest BCUT2D eigenvalue weighted by atomic mass is 16.6. The first-order chi connectivity index (χ1) is 23.3. The van der Waals surface area contributed by atoms with Gasteiger partial charge in [-0.05, 0) is 129 Å². The van der Waals surface area contributed by atoms with Crippen LogP contribution in [0.15, 0.2) is 24.3 Å². The van der Waals surface area contributed by atoms with Crippen molar-refractivity contribution in [2.24, 2.45) is 52.3 Å². The summed E-state index contributed by atoms with van der Waals surface area (Å²) in [5.74, 6) is 0.0884. The van der Waals surface area contributed by atoms with E-state index in [1.165, 1.54) is 56.4 Å². The number of carbonyl (C=O) groups is 4. The number of esters is 2. The van der Waals surface area contributed by atoms with Crippen molar-refractivity contribution in [1.29, 1.82) is 0 Å². The maximum Gasteiger partial charge on any atom is 0.310 e. The highest BCUT2D eigenvalue weighted by Crippen LogP contribution is 2.68. The van der Waals surface area contributed by atoms with Crippen LogP contribution in [0, 0.1) is 62.4 Å². The summed E-state index contributed by atoms with van der Waals surface area (Å²) < 4.78 is 11.3. The smallest absolute Gasteiger partial charge is 0.310 e. The molecule has 10 heteroatoms. The molecule has 4 aliphatic carbocycles. The number of nitro benzene ring substituents is 1. The molecule has 1 unspecified atom stereocenters. The number of hydrogen-bond donors (Lipinski definition) is 1. The molecule has 4 aliphatic rings. The SMILES string of the molecule is CCCOC(=O)CC[C@@H](C)C1CC[C@H]2[C@@H]3CC[C@@H]4C[C@H](OC(=O)[C@H](CC(=O)O)CC(=O)c5ccc([N+](=O)[O-])cc5)CC[C@]4(C)[C@H]3CC[C@]12C. The number of ether oxygens (including phenoxy) is 2. The minimum Gasteiger partial charge on any atom is -0.481 e. The third-order valence-corrected chi connectivity index (χ3v) is 13.5. The van der Waals surface area contributed by atoms with E-state index in [9.17, 15) is 34.4 Å². The van der Waals surface area contributed by atoms with Crippen molar-refractivity contribution in [3.8, 4) is 0 Å². The lowest BCUT2D eigenvalue weighted by Gasteiger charge is -2.61. The lowest BCUT2D eigenvalue weighted by Crippen LogP contribution is -2.54. The molecular weight excluding hydrogens is 626 g/mol. The number of nitro groups is 1. The standard InChI is InChI=1S/C39H55NO9/c1-5-20-48-36(44)15-6-24(2)31-13-14-32-30-12-9-27-23-29(16-18-38(27,3)33(30)17-19-39(31,32)4)49-37(45)26(22-35(42)43)21-34(41)25-7-10-28(11-8-25)40(46)47/h7-8,10-11,24,26-27,29-33H,5-6,9,12-23H2,1-4H3,(H,42,43)/t24-,26+,27-,29-,30+,31?,32+,33+,38+,39-/m1/s1. The van der Waals surface area contributed by atoms with Crippen LogP contribution in [0.3, 0.4) is 0 Å². The van der Waals surface area contributed by atoms with Crippen molar-refractivity contribution in [1.82, 2.24) is 0 Å². The number of carbonyl (C=O) groups excluding carboxylic acids is 3. The number of carboxylic acids is 1. The predicted octanol–water partition coefficient (Wildman–Crippen LogP) is 8.20. The largest absolute Gasteiger partial charge is 0.481 e. The van der Waals surface area contributed by atoms with Crippen LogP contribution in [0.2, 0.25) is 0 Å². The highest BCUT2D eigenvalue weighted by molar-refractivity contribution is 5.98. The summed E-state index contributed by atoms with van der Waals surface area (Å²) >= 11 is 0. The molecule has 270 valence electrons. The molecule has 0 aromatic heterocycles. The molecule has 0 bridgehead atoms. The topological polar surface area (TPSA) is 150 Å². The summed E-state index contributed by atoms with van der Waals surface area (Å²) in [6.07, 6.45) is 10.7. The summed E-state index contributed by atoms with van der Waals surface area (Å²) in [5.41, 5.74) is 0.512. The molecule has 4 fully saturated rings. The Morgan fingerprint density at radius 1 is 0.959 bits per heavy atom. The van der Waals surface area contributed by atoms with Gasteiger partial charge in [-0.1, -0.05) is 27.7 Å². The average Bonchev–Trinajstić information content (AvgIpc) is 3.43. The lowest BCUT2D eigenvalue weighted by atomic mass is 9.44. The Morgan fingerprint density at radius 2 is 1.65 bits per heavy atom. The lowest BCUT2D eigenvalue weighted by molar-refractivity contribution is -0.384. The maximum absolute atomic E-state index is 13.3. The van der Waals surface area contributed by atoms with E-state index >= 15 is 0 Å². The Bertz CT molecular complexity index is 1390. The number of ketones is 1. The molecule has 0 heterocycles. The van der Waals surface area contributed by atoms with Gasteiger partial charge in [-0.15, -0.1) is 0 Å². The van der Waals surface area contributed by atoms with Crippen LogP contribution in [-0.2, 0) is 23.9 Å². The zero-order valence-corrected chi connectivity index (χ0v) is 29.7.